The smallest absolute Gasteiger partial charge is 0.174 e. The molecule has 0 unspecified atom stereocenters. The van der Waals surface area contributed by atoms with Crippen LogP contribution in [0.4, 0.5) is 5.69 Å². The highest BCUT2D eigenvalue weighted by molar-refractivity contribution is 7.21. The van der Waals surface area contributed by atoms with Gasteiger partial charge in [-0.05, 0) is 17.5 Å². The molecule has 0 amide bonds. The third kappa shape index (κ3) is 1.19. The maximum atomic E-state index is 8.93. The van der Waals surface area contributed by atoms with Gasteiger partial charge in [-0.2, -0.15) is 5.26 Å². The zero-order chi connectivity index (χ0) is 10.1. The third-order valence-electron chi connectivity index (χ3n) is 2.01. The van der Waals surface area contributed by atoms with Gasteiger partial charge in [-0.3, -0.25) is 0 Å². The average molecular weight is 204 g/mol. The number of rotatable bonds is 1. The number of nitrogens with two attached hydrogens (primary N) is 1. The van der Waals surface area contributed by atoms with E-state index in [0.717, 1.165) is 15.1 Å². The molecule has 70 valence electrons. The molecule has 0 fully saturated rings. The van der Waals surface area contributed by atoms with Gasteiger partial charge in [0.15, 0.2) is 5.06 Å². The summed E-state index contributed by atoms with van der Waals surface area (Å²) in [5.74, 6) is 0. The maximum Gasteiger partial charge on any atom is 0.174 e. The molecule has 1 aromatic heterocycles. The van der Waals surface area contributed by atoms with Crippen molar-refractivity contribution in [3.8, 4) is 11.1 Å². The van der Waals surface area contributed by atoms with E-state index in [9.17, 15) is 0 Å². The summed E-state index contributed by atoms with van der Waals surface area (Å²) in [5.41, 5.74) is 6.75. The zero-order valence-electron chi connectivity index (χ0n) is 7.57. The minimum Gasteiger partial charge on any atom is -0.487 e. The van der Waals surface area contributed by atoms with Crippen molar-refractivity contribution in [2.45, 2.75) is 0 Å². The van der Waals surface area contributed by atoms with Gasteiger partial charge in [0.1, 0.15) is 6.07 Å². The first kappa shape index (κ1) is 8.85. The molecule has 1 aromatic carbocycles. The Morgan fingerprint density at radius 1 is 1.50 bits per heavy atom. The van der Waals surface area contributed by atoms with Crippen molar-refractivity contribution < 1.29 is 4.74 Å². The molecule has 0 bridgehead atoms. The van der Waals surface area contributed by atoms with E-state index in [0.29, 0.717) is 11.3 Å². The molecule has 0 aliphatic rings. The molecule has 0 atom stereocenters. The molecule has 14 heavy (non-hydrogen) atoms. The molecule has 2 aromatic rings. The Hall–Kier alpha value is -1.73. The molecule has 2 rings (SSSR count). The van der Waals surface area contributed by atoms with Crippen LogP contribution in [0.25, 0.3) is 10.1 Å². The number of nitrogen functional groups attached to an aromatic ring is 1. The van der Waals surface area contributed by atoms with Crippen LogP contribution in [-0.2, 0) is 0 Å². The monoisotopic (exact) mass is 204 g/mol. The van der Waals surface area contributed by atoms with Crippen molar-refractivity contribution in [3.05, 3.63) is 23.8 Å². The number of anilines is 1. The fourth-order valence-electron chi connectivity index (χ4n) is 1.31. The van der Waals surface area contributed by atoms with Gasteiger partial charge in [0, 0.05) is 0 Å². The predicted octanol–water partition coefficient (Wildman–Crippen LogP) is 2.36. The lowest BCUT2D eigenvalue weighted by Crippen LogP contribution is -1.88. The number of thiophene rings is 1. The van der Waals surface area contributed by atoms with Crippen molar-refractivity contribution in [2.24, 2.45) is 0 Å². The van der Waals surface area contributed by atoms with E-state index in [-0.39, 0.29) is 0 Å². The van der Waals surface area contributed by atoms with Crippen LogP contribution < -0.4 is 10.5 Å². The molecule has 0 radical (unpaired) electrons. The minimum absolute atomic E-state index is 0.518. The highest BCUT2D eigenvalue weighted by Crippen LogP contribution is 2.35. The molecule has 0 spiro atoms. The van der Waals surface area contributed by atoms with E-state index in [1.54, 1.807) is 13.2 Å². The minimum atomic E-state index is 0.518. The van der Waals surface area contributed by atoms with Crippen molar-refractivity contribution >= 4 is 27.1 Å². The number of fused-ring (bicyclic) bond motifs is 1. The van der Waals surface area contributed by atoms with Gasteiger partial charge in [-0.25, -0.2) is 0 Å². The Bertz CT molecular complexity index is 525. The van der Waals surface area contributed by atoms with Crippen LogP contribution >= 0.6 is 11.3 Å². The molecule has 1 heterocycles. The van der Waals surface area contributed by atoms with Crippen LogP contribution in [0, 0.1) is 11.3 Å². The summed E-state index contributed by atoms with van der Waals surface area (Å²) < 4.78 is 6.00. The third-order valence-corrected chi connectivity index (χ3v) is 3.14. The summed E-state index contributed by atoms with van der Waals surface area (Å²) in [6, 6.07) is 7.65. The lowest BCUT2D eigenvalue weighted by atomic mass is 10.1. The van der Waals surface area contributed by atoms with Gasteiger partial charge in [-0.15, -0.1) is 0 Å². The molecular weight excluding hydrogens is 196 g/mol. The first-order valence-electron chi connectivity index (χ1n) is 4.02. The summed E-state index contributed by atoms with van der Waals surface area (Å²) >= 11 is 1.44. The summed E-state index contributed by atoms with van der Waals surface area (Å²) in [6.07, 6.45) is 0. The Morgan fingerprint density at radius 2 is 2.29 bits per heavy atom. The van der Waals surface area contributed by atoms with E-state index in [1.807, 2.05) is 12.1 Å². The Kier molecular flexibility index (Phi) is 2.02. The van der Waals surface area contributed by atoms with Gasteiger partial charge < -0.3 is 10.5 Å². The van der Waals surface area contributed by atoms with E-state index in [1.165, 1.54) is 11.3 Å². The zero-order valence-corrected chi connectivity index (χ0v) is 8.39. The number of benzene rings is 1. The molecule has 0 saturated heterocycles. The van der Waals surface area contributed by atoms with Gasteiger partial charge >= 0.3 is 0 Å². The highest BCUT2D eigenvalue weighted by atomic mass is 32.1. The van der Waals surface area contributed by atoms with Crippen LogP contribution in [0.5, 0.6) is 5.06 Å². The van der Waals surface area contributed by atoms with Crippen molar-refractivity contribution in [1.29, 1.82) is 5.26 Å². The van der Waals surface area contributed by atoms with E-state index in [4.69, 9.17) is 15.7 Å². The fraction of sp³-hybridized carbons (Fsp3) is 0.100. The fourth-order valence-corrected chi connectivity index (χ4v) is 2.29. The van der Waals surface area contributed by atoms with Crippen molar-refractivity contribution in [2.75, 3.05) is 12.8 Å². The van der Waals surface area contributed by atoms with Gasteiger partial charge in [0.05, 0.1) is 23.1 Å². The molecular formula is C10H8N2OS. The number of nitriles is 1. The molecule has 3 nitrogen and oxygen atoms in total. The predicted molar refractivity (Wildman–Crippen MR) is 57.5 cm³/mol. The van der Waals surface area contributed by atoms with Gasteiger partial charge in [0.25, 0.3) is 0 Å². The maximum absolute atomic E-state index is 8.93. The summed E-state index contributed by atoms with van der Waals surface area (Å²) in [7, 11) is 1.61. The van der Waals surface area contributed by atoms with Gasteiger partial charge in [-0.1, -0.05) is 17.4 Å². The van der Waals surface area contributed by atoms with E-state index in [2.05, 4.69) is 6.07 Å². The summed E-state index contributed by atoms with van der Waals surface area (Å²) in [5, 5.41) is 10.7. The lowest BCUT2D eigenvalue weighted by Gasteiger charge is -1.96. The molecule has 0 aliphatic carbocycles. The largest absolute Gasteiger partial charge is 0.487 e. The second kappa shape index (κ2) is 3.20. The molecule has 2 N–H and O–H groups in total. The molecule has 0 saturated carbocycles. The second-order valence-corrected chi connectivity index (χ2v) is 3.84. The van der Waals surface area contributed by atoms with Crippen LogP contribution in [0.2, 0.25) is 0 Å². The Morgan fingerprint density at radius 3 is 2.93 bits per heavy atom. The SMILES string of the molecule is COc1cc2ccc(N)c(C#N)c2s1. The van der Waals surface area contributed by atoms with E-state index < -0.39 is 0 Å². The van der Waals surface area contributed by atoms with Crippen LogP contribution in [0.1, 0.15) is 5.56 Å². The first-order chi connectivity index (χ1) is 6.76. The number of methoxy groups -OCH3 is 1. The number of nitrogens with zero attached hydrogens (tertiary/aromatic N) is 1. The average Bonchev–Trinajstić information content (AvgIpc) is 2.60. The van der Waals surface area contributed by atoms with Crippen LogP contribution in [0.3, 0.4) is 0 Å². The van der Waals surface area contributed by atoms with Crippen molar-refractivity contribution in [3.63, 3.8) is 0 Å². The summed E-state index contributed by atoms with van der Waals surface area (Å²) in [6.45, 7) is 0. The van der Waals surface area contributed by atoms with Crippen molar-refractivity contribution in [1.82, 2.24) is 0 Å². The number of ether oxygens (including phenoxy) is 1. The highest BCUT2D eigenvalue weighted by Gasteiger charge is 2.08. The van der Waals surface area contributed by atoms with E-state index >= 15 is 0 Å². The Labute approximate surface area is 85.3 Å². The van der Waals surface area contributed by atoms with Crippen LogP contribution in [-0.4, -0.2) is 7.11 Å². The topological polar surface area (TPSA) is 59.0 Å². The molecule has 4 heteroatoms. The number of hydrogen-bond donors (Lipinski definition) is 1. The first-order valence-corrected chi connectivity index (χ1v) is 4.84. The second-order valence-electron chi connectivity index (χ2n) is 2.83. The summed E-state index contributed by atoms with van der Waals surface area (Å²) in [4.78, 5) is 0. The van der Waals surface area contributed by atoms with Gasteiger partial charge in [0.2, 0.25) is 0 Å². The lowest BCUT2D eigenvalue weighted by molar-refractivity contribution is 0.427. The Balaban J connectivity index is 2.81. The quantitative estimate of drug-likeness (QED) is 0.725. The molecule has 0 aliphatic heterocycles. The van der Waals surface area contributed by atoms with Crippen LogP contribution in [0.15, 0.2) is 18.2 Å². The standard InChI is InChI=1S/C10H8N2OS/c1-13-9-4-6-2-3-8(12)7(5-11)10(6)14-9/h2-4H,12H2,1H3. The number of hydrogen-bond acceptors (Lipinski definition) is 4. The normalized spacial score (nSPS) is 10.0.